The van der Waals surface area contributed by atoms with Gasteiger partial charge in [0, 0.05) is 24.5 Å². The molecule has 0 aromatic carbocycles. The van der Waals surface area contributed by atoms with E-state index in [4.69, 9.17) is 4.74 Å². The molecule has 1 saturated heterocycles. The molecule has 0 radical (unpaired) electrons. The van der Waals surface area contributed by atoms with Crippen LogP contribution in [0.5, 0.6) is 0 Å². The topological polar surface area (TPSA) is 54.5 Å². The molecule has 2 aliphatic rings. The minimum atomic E-state index is -0.00335. The van der Waals surface area contributed by atoms with Gasteiger partial charge in [-0.05, 0) is 12.8 Å². The lowest BCUT2D eigenvalue weighted by atomic mass is 10.1. The van der Waals surface area contributed by atoms with Gasteiger partial charge in [-0.2, -0.15) is 0 Å². The highest BCUT2D eigenvalue weighted by Gasteiger charge is 2.19. The molecule has 3 rings (SSSR count). The molecule has 0 unspecified atom stereocenters. The Labute approximate surface area is 136 Å². The SMILES string of the molecule is O=C(NC1CCCCCC1)c1csc(CN2CCOCC2)n1. The number of hydrogen-bond acceptors (Lipinski definition) is 5. The van der Waals surface area contributed by atoms with E-state index in [1.807, 2.05) is 5.38 Å². The summed E-state index contributed by atoms with van der Waals surface area (Å²) in [5, 5.41) is 6.08. The fourth-order valence-electron chi connectivity index (χ4n) is 3.12. The van der Waals surface area contributed by atoms with Crippen LogP contribution in [0.2, 0.25) is 0 Å². The molecule has 1 aliphatic carbocycles. The highest BCUT2D eigenvalue weighted by molar-refractivity contribution is 7.09. The fraction of sp³-hybridized carbons (Fsp3) is 0.750. The van der Waals surface area contributed by atoms with Crippen molar-refractivity contribution in [1.82, 2.24) is 15.2 Å². The van der Waals surface area contributed by atoms with Crippen LogP contribution in [0.3, 0.4) is 0 Å². The third-order valence-corrected chi connectivity index (χ3v) is 5.27. The van der Waals surface area contributed by atoms with E-state index in [0.29, 0.717) is 11.7 Å². The number of amides is 1. The molecular weight excluding hydrogens is 298 g/mol. The zero-order valence-corrected chi connectivity index (χ0v) is 13.9. The maximum absolute atomic E-state index is 12.3. The van der Waals surface area contributed by atoms with Gasteiger partial charge in [0.1, 0.15) is 10.7 Å². The third-order valence-electron chi connectivity index (χ3n) is 4.44. The van der Waals surface area contributed by atoms with Gasteiger partial charge in [-0.15, -0.1) is 11.3 Å². The molecule has 1 aromatic heterocycles. The highest BCUT2D eigenvalue weighted by atomic mass is 32.1. The average Bonchev–Trinajstić information content (AvgIpc) is 2.85. The van der Waals surface area contributed by atoms with Gasteiger partial charge in [-0.25, -0.2) is 4.98 Å². The molecule has 1 aromatic rings. The van der Waals surface area contributed by atoms with Gasteiger partial charge >= 0.3 is 0 Å². The molecule has 1 N–H and O–H groups in total. The van der Waals surface area contributed by atoms with Gasteiger partial charge in [-0.3, -0.25) is 9.69 Å². The van der Waals surface area contributed by atoms with E-state index in [1.165, 1.54) is 25.7 Å². The second-order valence-electron chi connectivity index (χ2n) is 6.18. The van der Waals surface area contributed by atoms with E-state index in [-0.39, 0.29) is 5.91 Å². The summed E-state index contributed by atoms with van der Waals surface area (Å²) in [6.07, 6.45) is 7.27. The van der Waals surface area contributed by atoms with Crippen LogP contribution in [0, 0.1) is 0 Å². The van der Waals surface area contributed by atoms with Gasteiger partial charge < -0.3 is 10.1 Å². The van der Waals surface area contributed by atoms with Crippen molar-refractivity contribution in [2.75, 3.05) is 26.3 Å². The van der Waals surface area contributed by atoms with Crippen LogP contribution < -0.4 is 5.32 Å². The molecule has 0 atom stereocenters. The van der Waals surface area contributed by atoms with Gasteiger partial charge in [0.15, 0.2) is 0 Å². The maximum Gasteiger partial charge on any atom is 0.270 e. The van der Waals surface area contributed by atoms with Crippen molar-refractivity contribution in [3.63, 3.8) is 0 Å². The van der Waals surface area contributed by atoms with E-state index in [9.17, 15) is 4.79 Å². The molecular formula is C16H25N3O2S. The summed E-state index contributed by atoms with van der Waals surface area (Å²) in [5.41, 5.74) is 0.581. The summed E-state index contributed by atoms with van der Waals surface area (Å²) >= 11 is 1.58. The molecule has 2 heterocycles. The maximum atomic E-state index is 12.3. The van der Waals surface area contributed by atoms with Crippen molar-refractivity contribution in [1.29, 1.82) is 0 Å². The van der Waals surface area contributed by atoms with E-state index in [2.05, 4.69) is 15.2 Å². The van der Waals surface area contributed by atoms with Crippen molar-refractivity contribution in [3.8, 4) is 0 Å². The van der Waals surface area contributed by atoms with Gasteiger partial charge in [0.05, 0.1) is 19.8 Å². The highest BCUT2D eigenvalue weighted by Crippen LogP contribution is 2.18. The van der Waals surface area contributed by atoms with Crippen molar-refractivity contribution < 1.29 is 9.53 Å². The molecule has 122 valence electrons. The Morgan fingerprint density at radius 2 is 2.00 bits per heavy atom. The largest absolute Gasteiger partial charge is 0.379 e. The number of aromatic nitrogens is 1. The number of carbonyl (C=O) groups is 1. The normalized spacial score (nSPS) is 21.5. The number of thiazole rings is 1. The zero-order chi connectivity index (χ0) is 15.2. The number of nitrogens with one attached hydrogen (secondary N) is 1. The van der Waals surface area contributed by atoms with E-state index >= 15 is 0 Å². The number of carbonyl (C=O) groups excluding carboxylic acids is 1. The minimum Gasteiger partial charge on any atom is -0.379 e. The van der Waals surface area contributed by atoms with Crippen LogP contribution in [0.25, 0.3) is 0 Å². The quantitative estimate of drug-likeness (QED) is 0.865. The van der Waals surface area contributed by atoms with Crippen molar-refractivity contribution in [2.24, 2.45) is 0 Å². The predicted octanol–water partition coefficient (Wildman–Crippen LogP) is 2.43. The summed E-state index contributed by atoms with van der Waals surface area (Å²) in [6, 6.07) is 0.333. The van der Waals surface area contributed by atoms with Crippen LogP contribution in [-0.4, -0.2) is 48.1 Å². The smallest absolute Gasteiger partial charge is 0.270 e. The number of nitrogens with zero attached hydrogens (tertiary/aromatic N) is 2. The monoisotopic (exact) mass is 323 g/mol. The molecule has 22 heavy (non-hydrogen) atoms. The van der Waals surface area contributed by atoms with Crippen LogP contribution in [0.1, 0.15) is 54.0 Å². The Bertz CT molecular complexity index is 477. The number of ether oxygens (including phenoxy) is 1. The lowest BCUT2D eigenvalue weighted by molar-refractivity contribution is 0.0341. The number of hydrogen-bond donors (Lipinski definition) is 1. The average molecular weight is 323 g/mol. The summed E-state index contributed by atoms with van der Waals surface area (Å²) in [5.74, 6) is -0.00335. The summed E-state index contributed by atoms with van der Waals surface area (Å²) < 4.78 is 5.35. The predicted molar refractivity (Wildman–Crippen MR) is 87.2 cm³/mol. The van der Waals surface area contributed by atoms with E-state index < -0.39 is 0 Å². The summed E-state index contributed by atoms with van der Waals surface area (Å²) in [4.78, 5) is 19.2. The first-order valence-corrected chi connectivity index (χ1v) is 9.24. The van der Waals surface area contributed by atoms with Crippen LogP contribution in [0.15, 0.2) is 5.38 Å². The number of morpholine rings is 1. The summed E-state index contributed by atoms with van der Waals surface area (Å²) in [6.45, 7) is 4.30. The van der Waals surface area contributed by atoms with Gasteiger partial charge in [0.2, 0.25) is 0 Å². The molecule has 0 spiro atoms. The van der Waals surface area contributed by atoms with Crippen LogP contribution in [-0.2, 0) is 11.3 Å². The molecule has 6 heteroatoms. The lowest BCUT2D eigenvalue weighted by Crippen LogP contribution is -2.36. The Morgan fingerprint density at radius 1 is 1.27 bits per heavy atom. The number of rotatable bonds is 4. The van der Waals surface area contributed by atoms with Crippen LogP contribution in [0.4, 0.5) is 0 Å². The third kappa shape index (κ3) is 4.51. The van der Waals surface area contributed by atoms with Crippen molar-refractivity contribution in [2.45, 2.75) is 51.1 Å². The summed E-state index contributed by atoms with van der Waals surface area (Å²) in [7, 11) is 0. The standard InChI is InChI=1S/C16H25N3O2S/c20-16(17-13-5-3-1-2-4-6-13)14-12-22-15(18-14)11-19-7-9-21-10-8-19/h12-13H,1-11H2,(H,17,20). The first-order valence-electron chi connectivity index (χ1n) is 8.36. The first kappa shape index (κ1) is 15.9. The van der Waals surface area contributed by atoms with Gasteiger partial charge in [0.25, 0.3) is 5.91 Å². The second-order valence-corrected chi connectivity index (χ2v) is 7.12. The first-order chi connectivity index (χ1) is 10.8. The van der Waals surface area contributed by atoms with Gasteiger partial charge in [-0.1, -0.05) is 25.7 Å². The molecule has 0 bridgehead atoms. The van der Waals surface area contributed by atoms with Crippen LogP contribution >= 0.6 is 11.3 Å². The van der Waals surface area contributed by atoms with Crippen molar-refractivity contribution in [3.05, 3.63) is 16.1 Å². The minimum absolute atomic E-state index is 0.00335. The Hall–Kier alpha value is -0.980. The molecule has 1 saturated carbocycles. The fourth-order valence-corrected chi connectivity index (χ4v) is 3.94. The van der Waals surface area contributed by atoms with Crippen molar-refractivity contribution >= 4 is 17.2 Å². The molecule has 2 fully saturated rings. The Morgan fingerprint density at radius 3 is 2.73 bits per heavy atom. The zero-order valence-electron chi connectivity index (χ0n) is 13.1. The lowest BCUT2D eigenvalue weighted by Gasteiger charge is -2.25. The Balaban J connectivity index is 1.52. The molecule has 1 aliphatic heterocycles. The molecule has 1 amide bonds. The van der Waals surface area contributed by atoms with E-state index in [0.717, 1.165) is 50.7 Å². The second kappa shape index (κ2) is 8.04. The van der Waals surface area contributed by atoms with E-state index in [1.54, 1.807) is 11.3 Å². The molecule has 5 nitrogen and oxygen atoms in total. The Kier molecular flexibility index (Phi) is 5.81.